The number of methoxy groups -OCH3 is 1. The first-order chi connectivity index (χ1) is 10.6. The first-order valence-corrected chi connectivity index (χ1v) is 7.38. The van der Waals surface area contributed by atoms with Crippen molar-refractivity contribution < 1.29 is 14.3 Å². The number of hydrogen-bond acceptors (Lipinski definition) is 3. The van der Waals surface area contributed by atoms with Crippen LogP contribution in [0.1, 0.15) is 18.4 Å². The highest BCUT2D eigenvalue weighted by Gasteiger charge is 2.10. The number of rotatable bonds is 6. The molecule has 0 heterocycles. The molecule has 22 heavy (non-hydrogen) atoms. The van der Waals surface area contributed by atoms with Gasteiger partial charge in [-0.15, -0.1) is 0 Å². The zero-order chi connectivity index (χ0) is 15.9. The maximum absolute atomic E-state index is 12.2. The fourth-order valence-corrected chi connectivity index (χ4v) is 2.35. The smallest absolute Gasteiger partial charge is 0.305 e. The number of carbonyl (C=O) groups is 2. The summed E-state index contributed by atoms with van der Waals surface area (Å²) in [4.78, 5) is 24.9. The van der Waals surface area contributed by atoms with Gasteiger partial charge in [-0.05, 0) is 22.8 Å². The lowest BCUT2D eigenvalue weighted by molar-refractivity contribution is -0.141. The van der Waals surface area contributed by atoms with Crippen LogP contribution < -0.4 is 0 Å². The van der Waals surface area contributed by atoms with Gasteiger partial charge in [-0.25, -0.2) is 0 Å². The Bertz CT molecular complexity index is 666. The van der Waals surface area contributed by atoms with Crippen molar-refractivity contribution in [1.82, 2.24) is 4.90 Å². The molecule has 0 atom stereocenters. The highest BCUT2D eigenvalue weighted by Crippen LogP contribution is 2.16. The third-order valence-electron chi connectivity index (χ3n) is 3.70. The molecule has 0 fully saturated rings. The summed E-state index contributed by atoms with van der Waals surface area (Å²) < 4.78 is 4.59. The maximum Gasteiger partial charge on any atom is 0.305 e. The van der Waals surface area contributed by atoms with Crippen LogP contribution in [-0.2, 0) is 20.7 Å². The van der Waals surface area contributed by atoms with Crippen molar-refractivity contribution in [3.05, 3.63) is 48.0 Å². The number of fused-ring (bicyclic) bond motifs is 1. The van der Waals surface area contributed by atoms with E-state index in [0.717, 1.165) is 10.9 Å². The predicted molar refractivity (Wildman–Crippen MR) is 86.5 cm³/mol. The van der Waals surface area contributed by atoms with Crippen LogP contribution in [0.15, 0.2) is 42.5 Å². The van der Waals surface area contributed by atoms with Crippen LogP contribution in [0.5, 0.6) is 0 Å². The molecule has 0 aliphatic rings. The van der Waals surface area contributed by atoms with E-state index in [1.54, 1.807) is 11.9 Å². The summed E-state index contributed by atoms with van der Waals surface area (Å²) in [6.45, 7) is 0.557. The molecule has 4 heteroatoms. The Kier molecular flexibility index (Phi) is 5.53. The lowest BCUT2D eigenvalue weighted by atomic mass is 10.0. The second kappa shape index (κ2) is 7.59. The Morgan fingerprint density at radius 3 is 2.55 bits per heavy atom. The Balaban J connectivity index is 1.90. The van der Waals surface area contributed by atoms with Gasteiger partial charge in [0.1, 0.15) is 0 Å². The van der Waals surface area contributed by atoms with Gasteiger partial charge in [-0.2, -0.15) is 0 Å². The third kappa shape index (κ3) is 4.32. The molecular weight excluding hydrogens is 278 g/mol. The van der Waals surface area contributed by atoms with E-state index in [-0.39, 0.29) is 11.9 Å². The highest BCUT2D eigenvalue weighted by atomic mass is 16.5. The number of hydrogen-bond donors (Lipinski definition) is 0. The summed E-state index contributed by atoms with van der Waals surface area (Å²) >= 11 is 0. The average molecular weight is 299 g/mol. The normalized spacial score (nSPS) is 10.5. The standard InChI is InChI=1S/C18H21NO3/c1-19(11-5-8-18(21)22-2)17(20)13-14-9-10-15-6-3-4-7-16(15)12-14/h3-4,6-7,9-10,12H,5,8,11,13H2,1-2H3. The lowest BCUT2D eigenvalue weighted by Crippen LogP contribution is -2.29. The molecular formula is C18H21NO3. The van der Waals surface area contributed by atoms with Crippen LogP contribution in [0.25, 0.3) is 10.8 Å². The van der Waals surface area contributed by atoms with Crippen LogP contribution >= 0.6 is 0 Å². The van der Waals surface area contributed by atoms with E-state index in [2.05, 4.69) is 16.9 Å². The molecule has 0 aliphatic heterocycles. The minimum Gasteiger partial charge on any atom is -0.469 e. The van der Waals surface area contributed by atoms with Crippen LogP contribution in [0.2, 0.25) is 0 Å². The topological polar surface area (TPSA) is 46.6 Å². The highest BCUT2D eigenvalue weighted by molar-refractivity contribution is 5.85. The Morgan fingerprint density at radius 2 is 1.82 bits per heavy atom. The molecule has 4 nitrogen and oxygen atoms in total. The number of amides is 1. The predicted octanol–water partition coefficient (Wildman–Crippen LogP) is 2.79. The molecule has 2 rings (SSSR count). The van der Waals surface area contributed by atoms with Gasteiger partial charge in [-0.3, -0.25) is 9.59 Å². The molecule has 0 aromatic heterocycles. The minimum atomic E-state index is -0.240. The van der Waals surface area contributed by atoms with Gasteiger partial charge < -0.3 is 9.64 Å². The van der Waals surface area contributed by atoms with E-state index in [9.17, 15) is 9.59 Å². The fourth-order valence-electron chi connectivity index (χ4n) is 2.35. The third-order valence-corrected chi connectivity index (χ3v) is 3.70. The maximum atomic E-state index is 12.2. The van der Waals surface area contributed by atoms with Crippen molar-refractivity contribution >= 4 is 22.6 Å². The lowest BCUT2D eigenvalue weighted by Gasteiger charge is -2.17. The number of nitrogens with zero attached hydrogens (tertiary/aromatic N) is 1. The van der Waals surface area contributed by atoms with Gasteiger partial charge in [0.05, 0.1) is 13.5 Å². The van der Waals surface area contributed by atoms with E-state index in [1.807, 2.05) is 30.3 Å². The quantitative estimate of drug-likeness (QED) is 0.771. The number of carbonyl (C=O) groups excluding carboxylic acids is 2. The van der Waals surface area contributed by atoms with Crippen molar-refractivity contribution in [2.75, 3.05) is 20.7 Å². The van der Waals surface area contributed by atoms with Crippen molar-refractivity contribution in [3.8, 4) is 0 Å². The van der Waals surface area contributed by atoms with Gasteiger partial charge in [0.25, 0.3) is 0 Å². The van der Waals surface area contributed by atoms with E-state index < -0.39 is 0 Å². The molecule has 116 valence electrons. The summed E-state index contributed by atoms with van der Waals surface area (Å²) in [5.41, 5.74) is 1.00. The molecule has 0 bridgehead atoms. The van der Waals surface area contributed by atoms with Crippen molar-refractivity contribution in [3.63, 3.8) is 0 Å². The van der Waals surface area contributed by atoms with Crippen LogP contribution in [0, 0.1) is 0 Å². The van der Waals surface area contributed by atoms with E-state index in [0.29, 0.717) is 25.8 Å². The molecule has 0 aliphatic carbocycles. The number of benzene rings is 2. The van der Waals surface area contributed by atoms with Gasteiger partial charge >= 0.3 is 5.97 Å². The number of ether oxygens (including phenoxy) is 1. The molecule has 0 radical (unpaired) electrons. The van der Waals surface area contributed by atoms with E-state index >= 15 is 0 Å². The SMILES string of the molecule is COC(=O)CCCN(C)C(=O)Cc1ccc2ccccc2c1. The Morgan fingerprint density at radius 1 is 1.09 bits per heavy atom. The molecule has 0 spiro atoms. The zero-order valence-electron chi connectivity index (χ0n) is 13.0. The summed E-state index contributed by atoms with van der Waals surface area (Å²) in [6, 6.07) is 14.2. The summed E-state index contributed by atoms with van der Waals surface area (Å²) in [5, 5.41) is 2.31. The van der Waals surface area contributed by atoms with Crippen molar-refractivity contribution in [2.24, 2.45) is 0 Å². The monoisotopic (exact) mass is 299 g/mol. The van der Waals surface area contributed by atoms with E-state index in [1.165, 1.54) is 12.5 Å². The molecule has 2 aromatic carbocycles. The van der Waals surface area contributed by atoms with Gasteiger partial charge in [0.2, 0.25) is 5.91 Å². The molecule has 1 amide bonds. The molecule has 0 saturated heterocycles. The van der Waals surface area contributed by atoms with Gasteiger partial charge in [0.15, 0.2) is 0 Å². The zero-order valence-corrected chi connectivity index (χ0v) is 13.0. The van der Waals surface area contributed by atoms with Crippen LogP contribution in [0.4, 0.5) is 0 Å². The summed E-state index contributed by atoms with van der Waals surface area (Å²) in [6.07, 6.45) is 1.33. The van der Waals surface area contributed by atoms with Crippen LogP contribution in [-0.4, -0.2) is 37.5 Å². The van der Waals surface area contributed by atoms with Crippen LogP contribution in [0.3, 0.4) is 0 Å². The fraction of sp³-hybridized carbons (Fsp3) is 0.333. The molecule has 0 N–H and O–H groups in total. The average Bonchev–Trinajstić information content (AvgIpc) is 2.54. The second-order valence-electron chi connectivity index (χ2n) is 5.35. The summed E-state index contributed by atoms with van der Waals surface area (Å²) in [7, 11) is 3.14. The molecule has 0 saturated carbocycles. The number of likely N-dealkylation sites (N-methyl/N-ethyl adjacent to an activating group) is 1. The van der Waals surface area contributed by atoms with Gasteiger partial charge in [-0.1, -0.05) is 42.5 Å². The molecule has 2 aromatic rings. The van der Waals surface area contributed by atoms with Gasteiger partial charge in [0, 0.05) is 20.0 Å². The largest absolute Gasteiger partial charge is 0.469 e. The molecule has 0 unspecified atom stereocenters. The Labute approximate surface area is 130 Å². The summed E-state index contributed by atoms with van der Waals surface area (Å²) in [5.74, 6) is -0.185. The minimum absolute atomic E-state index is 0.0557. The Hall–Kier alpha value is -2.36. The number of esters is 1. The second-order valence-corrected chi connectivity index (χ2v) is 5.35. The van der Waals surface area contributed by atoms with Crippen molar-refractivity contribution in [1.29, 1.82) is 0 Å². The first-order valence-electron chi connectivity index (χ1n) is 7.38. The first kappa shape index (κ1) is 16.0. The van der Waals surface area contributed by atoms with Crippen molar-refractivity contribution in [2.45, 2.75) is 19.3 Å². The van der Waals surface area contributed by atoms with E-state index in [4.69, 9.17) is 0 Å².